The zero-order valence-corrected chi connectivity index (χ0v) is 11.7. The topological polar surface area (TPSA) is 26.0 Å². The number of benzene rings is 1. The fraction of sp³-hybridized carbons (Fsp3) is 0.231. The van der Waals surface area contributed by atoms with Crippen molar-refractivity contribution in [3.05, 3.63) is 55.7 Å². The third kappa shape index (κ3) is 2.37. The van der Waals surface area contributed by atoms with Crippen LogP contribution in [0.3, 0.4) is 0 Å². The Hall–Kier alpha value is -0.640. The molecule has 0 amide bonds. The summed E-state index contributed by atoms with van der Waals surface area (Å²) >= 11 is 5.23. The highest BCUT2D eigenvalue weighted by atomic mass is 79.9. The standard InChI is InChI=1S/C13H14BrNS/c1-8-5-10(7-11(14)6-8)12(15)13-9(2)3-4-16-13/h3-7,12H,15H2,1-2H3. The molecule has 84 valence electrons. The summed E-state index contributed by atoms with van der Waals surface area (Å²) < 4.78 is 1.09. The number of rotatable bonds is 2. The largest absolute Gasteiger partial charge is 0.320 e. The van der Waals surface area contributed by atoms with Gasteiger partial charge in [0.25, 0.3) is 0 Å². The van der Waals surface area contributed by atoms with Gasteiger partial charge in [-0.25, -0.2) is 0 Å². The first-order valence-corrected chi connectivity index (χ1v) is 6.82. The molecule has 2 aromatic rings. The van der Waals surface area contributed by atoms with E-state index in [-0.39, 0.29) is 6.04 Å². The average molecular weight is 296 g/mol. The van der Waals surface area contributed by atoms with Gasteiger partial charge in [-0.3, -0.25) is 0 Å². The predicted molar refractivity (Wildman–Crippen MR) is 74.0 cm³/mol. The summed E-state index contributed by atoms with van der Waals surface area (Å²) in [7, 11) is 0. The Bertz CT molecular complexity index is 484. The summed E-state index contributed by atoms with van der Waals surface area (Å²) in [5, 5.41) is 2.09. The van der Waals surface area contributed by atoms with Gasteiger partial charge in [-0.05, 0) is 54.1 Å². The van der Waals surface area contributed by atoms with Crippen molar-refractivity contribution in [2.75, 3.05) is 0 Å². The Kier molecular flexibility index (Phi) is 3.47. The molecule has 2 rings (SSSR count). The lowest BCUT2D eigenvalue weighted by Crippen LogP contribution is -2.11. The smallest absolute Gasteiger partial charge is 0.0649 e. The number of nitrogens with two attached hydrogens (primary N) is 1. The van der Waals surface area contributed by atoms with Crippen LogP contribution in [-0.2, 0) is 0 Å². The van der Waals surface area contributed by atoms with Gasteiger partial charge in [0, 0.05) is 9.35 Å². The molecule has 1 aromatic carbocycles. The molecule has 1 heterocycles. The van der Waals surface area contributed by atoms with E-state index < -0.39 is 0 Å². The van der Waals surface area contributed by atoms with Crippen molar-refractivity contribution < 1.29 is 0 Å². The maximum absolute atomic E-state index is 6.29. The van der Waals surface area contributed by atoms with Gasteiger partial charge in [0.2, 0.25) is 0 Å². The minimum absolute atomic E-state index is 0.0174. The molecule has 0 aliphatic heterocycles. The van der Waals surface area contributed by atoms with Crippen LogP contribution < -0.4 is 5.73 Å². The zero-order chi connectivity index (χ0) is 11.7. The lowest BCUT2D eigenvalue weighted by molar-refractivity contribution is 0.882. The summed E-state index contributed by atoms with van der Waals surface area (Å²) in [6.45, 7) is 4.19. The maximum Gasteiger partial charge on any atom is 0.0649 e. The van der Waals surface area contributed by atoms with Gasteiger partial charge < -0.3 is 5.73 Å². The van der Waals surface area contributed by atoms with Crippen molar-refractivity contribution in [3.63, 3.8) is 0 Å². The summed E-state index contributed by atoms with van der Waals surface area (Å²) in [6, 6.07) is 8.43. The third-order valence-electron chi connectivity index (χ3n) is 2.61. The maximum atomic E-state index is 6.29. The number of hydrogen-bond donors (Lipinski definition) is 1. The molecule has 1 nitrogen and oxygen atoms in total. The highest BCUT2D eigenvalue weighted by Gasteiger charge is 2.13. The first-order valence-electron chi connectivity index (χ1n) is 5.14. The van der Waals surface area contributed by atoms with Gasteiger partial charge in [0.15, 0.2) is 0 Å². The third-order valence-corrected chi connectivity index (χ3v) is 4.17. The Balaban J connectivity index is 2.41. The fourth-order valence-electron chi connectivity index (χ4n) is 1.80. The van der Waals surface area contributed by atoms with Crippen LogP contribution in [0.2, 0.25) is 0 Å². The minimum atomic E-state index is -0.0174. The van der Waals surface area contributed by atoms with Crippen LogP contribution in [0.15, 0.2) is 34.1 Å². The van der Waals surface area contributed by atoms with Crippen LogP contribution in [0, 0.1) is 13.8 Å². The van der Waals surface area contributed by atoms with Crippen LogP contribution in [0.5, 0.6) is 0 Å². The molecule has 16 heavy (non-hydrogen) atoms. The van der Waals surface area contributed by atoms with Crippen LogP contribution in [0.4, 0.5) is 0 Å². The van der Waals surface area contributed by atoms with Crippen molar-refractivity contribution in [2.24, 2.45) is 5.73 Å². The fourth-order valence-corrected chi connectivity index (χ4v) is 3.38. The van der Waals surface area contributed by atoms with E-state index in [9.17, 15) is 0 Å². The first kappa shape index (κ1) is 11.8. The number of hydrogen-bond acceptors (Lipinski definition) is 2. The van der Waals surface area contributed by atoms with Gasteiger partial charge >= 0.3 is 0 Å². The lowest BCUT2D eigenvalue weighted by atomic mass is 10.0. The van der Waals surface area contributed by atoms with E-state index in [2.05, 4.69) is 59.4 Å². The molecule has 0 bridgehead atoms. The normalized spacial score (nSPS) is 12.8. The zero-order valence-electron chi connectivity index (χ0n) is 9.33. The van der Waals surface area contributed by atoms with Crippen LogP contribution in [0.25, 0.3) is 0 Å². The van der Waals surface area contributed by atoms with Crippen molar-refractivity contribution >= 4 is 27.3 Å². The minimum Gasteiger partial charge on any atom is -0.320 e. The second-order valence-corrected chi connectivity index (χ2v) is 5.87. The predicted octanol–water partition coefficient (Wildman–Crippen LogP) is 4.18. The van der Waals surface area contributed by atoms with Crippen molar-refractivity contribution in [3.8, 4) is 0 Å². The monoisotopic (exact) mass is 295 g/mol. The summed E-state index contributed by atoms with van der Waals surface area (Å²) in [4.78, 5) is 1.25. The SMILES string of the molecule is Cc1cc(Br)cc(C(N)c2sccc2C)c1. The van der Waals surface area contributed by atoms with E-state index in [4.69, 9.17) is 5.73 Å². The van der Waals surface area contributed by atoms with E-state index in [0.717, 1.165) is 10.0 Å². The Morgan fingerprint density at radius 3 is 2.56 bits per heavy atom. The van der Waals surface area contributed by atoms with E-state index in [1.165, 1.54) is 16.0 Å². The van der Waals surface area contributed by atoms with E-state index in [1.807, 2.05) is 0 Å². The molecule has 0 spiro atoms. The summed E-state index contributed by atoms with van der Waals surface area (Å²) in [5.41, 5.74) is 9.96. The lowest BCUT2D eigenvalue weighted by Gasteiger charge is -2.13. The average Bonchev–Trinajstić information content (AvgIpc) is 2.62. The van der Waals surface area contributed by atoms with Gasteiger partial charge in [-0.15, -0.1) is 11.3 Å². The van der Waals surface area contributed by atoms with Gasteiger partial charge in [-0.2, -0.15) is 0 Å². The van der Waals surface area contributed by atoms with E-state index in [0.29, 0.717) is 0 Å². The van der Waals surface area contributed by atoms with Crippen LogP contribution >= 0.6 is 27.3 Å². The molecule has 0 fully saturated rings. The molecule has 0 radical (unpaired) electrons. The Morgan fingerprint density at radius 2 is 2.00 bits per heavy atom. The second kappa shape index (κ2) is 4.70. The molecule has 0 aliphatic carbocycles. The molecule has 1 aromatic heterocycles. The molecule has 0 saturated heterocycles. The Morgan fingerprint density at radius 1 is 1.25 bits per heavy atom. The Labute approximate surface area is 108 Å². The van der Waals surface area contributed by atoms with Crippen LogP contribution in [-0.4, -0.2) is 0 Å². The summed E-state index contributed by atoms with van der Waals surface area (Å²) in [6.07, 6.45) is 0. The highest BCUT2D eigenvalue weighted by Crippen LogP contribution is 2.29. The molecular formula is C13H14BrNS. The van der Waals surface area contributed by atoms with Gasteiger partial charge in [-0.1, -0.05) is 22.0 Å². The highest BCUT2D eigenvalue weighted by molar-refractivity contribution is 9.10. The molecule has 1 atom stereocenters. The molecule has 3 heteroatoms. The molecule has 0 aliphatic rings. The first-order chi connectivity index (χ1) is 7.58. The summed E-state index contributed by atoms with van der Waals surface area (Å²) in [5.74, 6) is 0. The van der Waals surface area contributed by atoms with E-state index in [1.54, 1.807) is 11.3 Å². The van der Waals surface area contributed by atoms with Gasteiger partial charge in [0.1, 0.15) is 0 Å². The molecule has 1 unspecified atom stereocenters. The molecule has 2 N–H and O–H groups in total. The van der Waals surface area contributed by atoms with Crippen molar-refractivity contribution in [1.29, 1.82) is 0 Å². The second-order valence-electron chi connectivity index (χ2n) is 4.01. The van der Waals surface area contributed by atoms with E-state index >= 15 is 0 Å². The van der Waals surface area contributed by atoms with Crippen molar-refractivity contribution in [2.45, 2.75) is 19.9 Å². The molecule has 0 saturated carbocycles. The number of thiophene rings is 1. The van der Waals surface area contributed by atoms with Gasteiger partial charge in [0.05, 0.1) is 6.04 Å². The van der Waals surface area contributed by atoms with Crippen molar-refractivity contribution in [1.82, 2.24) is 0 Å². The quantitative estimate of drug-likeness (QED) is 0.884. The number of aryl methyl sites for hydroxylation is 2. The molecular weight excluding hydrogens is 282 g/mol. The van der Waals surface area contributed by atoms with Crippen LogP contribution in [0.1, 0.15) is 27.6 Å². The number of halogens is 1.